The molecule has 0 radical (unpaired) electrons. The molecule has 1 saturated heterocycles. The van der Waals surface area contributed by atoms with Gasteiger partial charge in [0.2, 0.25) is 0 Å². The topological polar surface area (TPSA) is 97.1 Å². The molecule has 1 atom stereocenters. The Kier molecular flexibility index (Phi) is 3.73. The van der Waals surface area contributed by atoms with Crippen molar-refractivity contribution in [1.29, 1.82) is 0 Å². The summed E-state index contributed by atoms with van der Waals surface area (Å²) in [5, 5.41) is 7.42. The van der Waals surface area contributed by atoms with E-state index in [4.69, 9.17) is 5.73 Å². The summed E-state index contributed by atoms with van der Waals surface area (Å²) in [6.07, 6.45) is 0. The van der Waals surface area contributed by atoms with Crippen LogP contribution in [-0.2, 0) is 10.3 Å². The lowest BCUT2D eigenvalue weighted by molar-refractivity contribution is -0.123. The Morgan fingerprint density at radius 1 is 0.962 bits per heavy atom. The number of benzene rings is 2. The summed E-state index contributed by atoms with van der Waals surface area (Å²) in [5.41, 5.74) is 9.33. The molecule has 0 aliphatic carbocycles. The molecule has 0 bridgehead atoms. The lowest BCUT2D eigenvalue weighted by Gasteiger charge is -2.21. The fourth-order valence-electron chi connectivity index (χ4n) is 3.00. The number of urea groups is 1. The van der Waals surface area contributed by atoms with E-state index in [1.807, 2.05) is 53.9 Å². The van der Waals surface area contributed by atoms with Crippen molar-refractivity contribution in [2.24, 2.45) is 0 Å². The number of carbonyl (C=O) groups is 2. The van der Waals surface area contributed by atoms with Crippen LogP contribution in [0.3, 0.4) is 0 Å². The molecule has 0 saturated carbocycles. The number of imide groups is 1. The van der Waals surface area contributed by atoms with Crippen molar-refractivity contribution in [3.05, 3.63) is 59.5 Å². The maximum absolute atomic E-state index is 12.0. The number of thiazole rings is 1. The minimum absolute atomic E-state index is 0.345. The summed E-state index contributed by atoms with van der Waals surface area (Å²) in [5.74, 6) is -0.345. The van der Waals surface area contributed by atoms with Crippen molar-refractivity contribution in [3.63, 3.8) is 0 Å². The van der Waals surface area contributed by atoms with Crippen molar-refractivity contribution < 1.29 is 9.59 Å². The van der Waals surface area contributed by atoms with E-state index >= 15 is 0 Å². The third kappa shape index (κ3) is 2.72. The minimum Gasteiger partial charge on any atom is -0.375 e. The Morgan fingerprint density at radius 3 is 2.04 bits per heavy atom. The van der Waals surface area contributed by atoms with Crippen molar-refractivity contribution in [1.82, 2.24) is 15.6 Å². The predicted octanol–water partition coefficient (Wildman–Crippen LogP) is 3.11. The standard InChI is InChI=1S/C19H16N4O2S/c1-19(16(24)22-18(25)23-19)14-8-6-12(7-9-14)11-2-4-13(5-3-11)15-10-26-17(20)21-15/h2-10H,1H3,(H2,20,21)(H2,22,23,24,25)/t19-/m1/s1. The molecular formula is C19H16N4O2S. The van der Waals surface area contributed by atoms with Crippen LogP contribution in [0, 0.1) is 0 Å². The maximum Gasteiger partial charge on any atom is 0.322 e. The van der Waals surface area contributed by atoms with Crippen LogP contribution in [-0.4, -0.2) is 16.9 Å². The summed E-state index contributed by atoms with van der Waals surface area (Å²) in [7, 11) is 0. The number of hydrogen-bond acceptors (Lipinski definition) is 5. The van der Waals surface area contributed by atoms with Crippen molar-refractivity contribution in [2.75, 3.05) is 5.73 Å². The number of nitrogens with zero attached hydrogens (tertiary/aromatic N) is 1. The van der Waals surface area contributed by atoms with E-state index in [-0.39, 0.29) is 5.91 Å². The zero-order chi connectivity index (χ0) is 18.3. The van der Waals surface area contributed by atoms with Gasteiger partial charge in [0.15, 0.2) is 5.13 Å². The van der Waals surface area contributed by atoms with Gasteiger partial charge in [-0.3, -0.25) is 10.1 Å². The van der Waals surface area contributed by atoms with Gasteiger partial charge in [-0.2, -0.15) is 0 Å². The van der Waals surface area contributed by atoms with Gasteiger partial charge in [-0.05, 0) is 23.6 Å². The summed E-state index contributed by atoms with van der Waals surface area (Å²) in [6.45, 7) is 1.69. The summed E-state index contributed by atoms with van der Waals surface area (Å²) in [6, 6.07) is 15.2. The fraction of sp³-hybridized carbons (Fsp3) is 0.105. The van der Waals surface area contributed by atoms with E-state index in [0.29, 0.717) is 5.13 Å². The van der Waals surface area contributed by atoms with Crippen LogP contribution in [0.5, 0.6) is 0 Å². The zero-order valence-corrected chi connectivity index (χ0v) is 14.8. The highest BCUT2D eigenvalue weighted by molar-refractivity contribution is 7.13. The number of rotatable bonds is 3. The Balaban J connectivity index is 1.59. The van der Waals surface area contributed by atoms with Crippen LogP contribution in [0.2, 0.25) is 0 Å². The lowest BCUT2D eigenvalue weighted by Crippen LogP contribution is -2.40. The van der Waals surface area contributed by atoms with Gasteiger partial charge < -0.3 is 11.1 Å². The monoisotopic (exact) mass is 364 g/mol. The molecule has 4 rings (SSSR count). The summed E-state index contributed by atoms with van der Waals surface area (Å²) in [4.78, 5) is 27.7. The van der Waals surface area contributed by atoms with Gasteiger partial charge >= 0.3 is 6.03 Å². The average Bonchev–Trinajstić information content (AvgIpc) is 3.18. The summed E-state index contributed by atoms with van der Waals surface area (Å²) >= 11 is 1.42. The van der Waals surface area contributed by atoms with Crippen LogP contribution in [0.1, 0.15) is 12.5 Å². The van der Waals surface area contributed by atoms with E-state index in [1.54, 1.807) is 6.92 Å². The van der Waals surface area contributed by atoms with Crippen molar-refractivity contribution in [3.8, 4) is 22.4 Å². The molecule has 1 aliphatic heterocycles. The molecule has 6 nitrogen and oxygen atoms in total. The molecule has 1 aliphatic rings. The first-order chi connectivity index (χ1) is 12.5. The smallest absolute Gasteiger partial charge is 0.322 e. The number of amides is 3. The molecule has 4 N–H and O–H groups in total. The van der Waals surface area contributed by atoms with E-state index in [0.717, 1.165) is 27.9 Å². The molecule has 2 heterocycles. The van der Waals surface area contributed by atoms with Crippen LogP contribution >= 0.6 is 11.3 Å². The van der Waals surface area contributed by atoms with Crippen LogP contribution in [0.25, 0.3) is 22.4 Å². The number of nitrogens with two attached hydrogens (primary N) is 1. The molecule has 1 fully saturated rings. The SMILES string of the molecule is C[C@]1(c2ccc(-c3ccc(-c4csc(N)n4)cc3)cc2)NC(=O)NC1=O. The van der Waals surface area contributed by atoms with E-state index < -0.39 is 11.6 Å². The quantitative estimate of drug-likeness (QED) is 0.622. The van der Waals surface area contributed by atoms with Crippen molar-refractivity contribution in [2.45, 2.75) is 12.5 Å². The lowest BCUT2D eigenvalue weighted by atomic mass is 9.90. The number of nitrogen functional groups attached to an aromatic ring is 1. The predicted molar refractivity (Wildman–Crippen MR) is 101 cm³/mol. The van der Waals surface area contributed by atoms with E-state index in [2.05, 4.69) is 15.6 Å². The molecular weight excluding hydrogens is 348 g/mol. The highest BCUT2D eigenvalue weighted by atomic mass is 32.1. The first-order valence-electron chi connectivity index (χ1n) is 8.02. The van der Waals surface area contributed by atoms with Gasteiger partial charge in [0, 0.05) is 10.9 Å². The molecule has 3 amide bonds. The van der Waals surface area contributed by atoms with E-state index in [9.17, 15) is 9.59 Å². The molecule has 3 aromatic rings. The van der Waals surface area contributed by atoms with Crippen molar-refractivity contribution >= 4 is 28.4 Å². The molecule has 1 aromatic heterocycles. The Morgan fingerprint density at radius 2 is 1.54 bits per heavy atom. The second kappa shape index (κ2) is 5.96. The highest BCUT2D eigenvalue weighted by Gasteiger charge is 2.43. The Bertz CT molecular complexity index is 995. The van der Waals surface area contributed by atoms with Crippen LogP contribution in [0.15, 0.2) is 53.9 Å². The van der Waals surface area contributed by atoms with Gasteiger partial charge in [0.1, 0.15) is 5.54 Å². The molecule has 7 heteroatoms. The van der Waals surface area contributed by atoms with E-state index in [1.165, 1.54) is 11.3 Å². The van der Waals surface area contributed by atoms with Gasteiger partial charge in [0.25, 0.3) is 5.91 Å². The minimum atomic E-state index is -1.04. The Hall–Kier alpha value is -3.19. The number of carbonyl (C=O) groups excluding carboxylic acids is 2. The molecule has 0 unspecified atom stereocenters. The molecule has 2 aromatic carbocycles. The van der Waals surface area contributed by atoms with Gasteiger partial charge in [-0.15, -0.1) is 11.3 Å². The molecule has 0 spiro atoms. The number of anilines is 1. The number of nitrogens with one attached hydrogen (secondary N) is 2. The first-order valence-corrected chi connectivity index (χ1v) is 8.90. The van der Waals surface area contributed by atoms with Crippen LogP contribution < -0.4 is 16.4 Å². The zero-order valence-electron chi connectivity index (χ0n) is 13.9. The molecule has 26 heavy (non-hydrogen) atoms. The highest BCUT2D eigenvalue weighted by Crippen LogP contribution is 2.29. The number of hydrogen-bond donors (Lipinski definition) is 3. The fourth-order valence-corrected chi connectivity index (χ4v) is 3.57. The van der Waals surface area contributed by atoms with Gasteiger partial charge in [-0.1, -0.05) is 48.5 Å². The largest absolute Gasteiger partial charge is 0.375 e. The normalized spacial score (nSPS) is 19.3. The average molecular weight is 364 g/mol. The van der Waals surface area contributed by atoms with Crippen LogP contribution in [0.4, 0.5) is 9.93 Å². The molecule has 130 valence electrons. The second-order valence-corrected chi connectivity index (χ2v) is 7.15. The maximum atomic E-state index is 12.0. The number of aromatic nitrogens is 1. The first kappa shape index (κ1) is 16.3. The Labute approximate surface area is 154 Å². The third-order valence-electron chi connectivity index (χ3n) is 4.54. The van der Waals surface area contributed by atoms with Gasteiger partial charge in [-0.25, -0.2) is 9.78 Å². The second-order valence-electron chi connectivity index (χ2n) is 6.26. The van der Waals surface area contributed by atoms with Gasteiger partial charge in [0.05, 0.1) is 5.69 Å². The summed E-state index contributed by atoms with van der Waals surface area (Å²) < 4.78 is 0. The third-order valence-corrected chi connectivity index (χ3v) is 5.22.